The zero-order chi connectivity index (χ0) is 19.5. The van der Waals surface area contributed by atoms with Crippen molar-refractivity contribution in [2.75, 3.05) is 5.75 Å². The molecule has 0 heterocycles. The largest absolute Gasteiger partial charge is 0.480 e. The quantitative estimate of drug-likeness (QED) is 0.165. The van der Waals surface area contributed by atoms with E-state index in [9.17, 15) is 9.59 Å². The van der Waals surface area contributed by atoms with E-state index in [0.29, 0.717) is 6.42 Å². The second-order valence-electron chi connectivity index (χ2n) is 6.98. The van der Waals surface area contributed by atoms with Crippen molar-refractivity contribution in [2.24, 2.45) is 0 Å². The minimum absolute atomic E-state index is 0.119. The summed E-state index contributed by atoms with van der Waals surface area (Å²) < 4.78 is 0. The highest BCUT2D eigenvalue weighted by Gasteiger charge is 2.17. The second-order valence-corrected chi connectivity index (χ2v) is 7.34. The van der Waals surface area contributed by atoms with Crippen molar-refractivity contribution >= 4 is 24.5 Å². The minimum Gasteiger partial charge on any atom is -0.480 e. The molecule has 152 valence electrons. The van der Waals surface area contributed by atoms with Gasteiger partial charge in [0, 0.05) is 12.2 Å². The average Bonchev–Trinajstić information content (AvgIpc) is 2.62. The standard InChI is InChI=1S/C21H39NO3S/c1-2-3-4-5-6-7-8-9-10-11-12-13-14-15-16-17-20(23)22-19(18-26)21(24)25/h9-10,19,26H,2-8,11-18H2,1H3,(H,22,23)(H,24,25)/b10-9+/t19-/m0/s1. The lowest BCUT2D eigenvalue weighted by Crippen LogP contribution is -2.42. The van der Waals surface area contributed by atoms with Crippen LogP contribution in [0.1, 0.15) is 96.8 Å². The van der Waals surface area contributed by atoms with Gasteiger partial charge in [0.25, 0.3) is 0 Å². The van der Waals surface area contributed by atoms with Gasteiger partial charge in [-0.2, -0.15) is 12.6 Å². The summed E-state index contributed by atoms with van der Waals surface area (Å²) in [6.07, 6.45) is 20.9. The maximum Gasteiger partial charge on any atom is 0.327 e. The summed E-state index contributed by atoms with van der Waals surface area (Å²) in [4.78, 5) is 22.4. The van der Waals surface area contributed by atoms with E-state index in [-0.39, 0.29) is 11.7 Å². The van der Waals surface area contributed by atoms with E-state index in [1.54, 1.807) is 0 Å². The Bertz CT molecular complexity index is 385. The van der Waals surface area contributed by atoms with Crippen molar-refractivity contribution in [3.05, 3.63) is 12.2 Å². The molecule has 26 heavy (non-hydrogen) atoms. The van der Waals surface area contributed by atoms with Crippen molar-refractivity contribution in [2.45, 2.75) is 103 Å². The fourth-order valence-electron chi connectivity index (χ4n) is 2.81. The van der Waals surface area contributed by atoms with Crippen LogP contribution >= 0.6 is 12.6 Å². The van der Waals surface area contributed by atoms with Crippen LogP contribution in [-0.4, -0.2) is 28.8 Å². The summed E-state index contributed by atoms with van der Waals surface area (Å²) in [5, 5.41) is 11.3. The molecule has 1 atom stereocenters. The third kappa shape index (κ3) is 16.5. The predicted molar refractivity (Wildman–Crippen MR) is 113 cm³/mol. The highest BCUT2D eigenvalue weighted by atomic mass is 32.1. The zero-order valence-electron chi connectivity index (χ0n) is 16.5. The number of rotatable bonds is 18. The Morgan fingerprint density at radius 2 is 1.38 bits per heavy atom. The van der Waals surface area contributed by atoms with Gasteiger partial charge in [-0.1, -0.05) is 70.4 Å². The maximum absolute atomic E-state index is 11.6. The molecular weight excluding hydrogens is 346 g/mol. The number of thiol groups is 1. The fraction of sp³-hybridized carbons (Fsp3) is 0.810. The Hall–Kier alpha value is -0.970. The normalized spacial score (nSPS) is 12.4. The van der Waals surface area contributed by atoms with Crippen molar-refractivity contribution in [3.8, 4) is 0 Å². The van der Waals surface area contributed by atoms with E-state index in [4.69, 9.17) is 5.11 Å². The number of carboxylic acid groups (broad SMARTS) is 1. The Morgan fingerprint density at radius 1 is 0.885 bits per heavy atom. The van der Waals surface area contributed by atoms with Crippen LogP contribution in [0.4, 0.5) is 0 Å². The minimum atomic E-state index is -1.03. The van der Waals surface area contributed by atoms with E-state index in [2.05, 4.69) is 37.0 Å². The Labute approximate surface area is 165 Å². The van der Waals surface area contributed by atoms with Crippen molar-refractivity contribution < 1.29 is 14.7 Å². The summed E-state index contributed by atoms with van der Waals surface area (Å²) in [6, 6.07) is -0.881. The topological polar surface area (TPSA) is 66.4 Å². The number of nitrogens with one attached hydrogen (secondary N) is 1. The van der Waals surface area contributed by atoms with Gasteiger partial charge in [-0.3, -0.25) is 4.79 Å². The Morgan fingerprint density at radius 3 is 1.88 bits per heavy atom. The third-order valence-electron chi connectivity index (χ3n) is 4.48. The second kappa shape index (κ2) is 18.8. The number of aliphatic carboxylic acids is 1. The molecule has 5 heteroatoms. The van der Waals surface area contributed by atoms with Gasteiger partial charge in [-0.05, 0) is 32.1 Å². The van der Waals surface area contributed by atoms with Crippen molar-refractivity contribution in [3.63, 3.8) is 0 Å². The number of unbranched alkanes of at least 4 members (excludes halogenated alkanes) is 11. The molecule has 0 rings (SSSR count). The summed E-state index contributed by atoms with van der Waals surface area (Å²) >= 11 is 3.93. The lowest BCUT2D eigenvalue weighted by Gasteiger charge is -2.11. The SMILES string of the molecule is CCCCCCCC/C=C/CCCCCCCC(=O)N[C@@H](CS)C(=O)O. The first-order valence-corrected chi connectivity index (χ1v) is 11.0. The molecule has 1 amide bonds. The molecular formula is C21H39NO3S. The summed E-state index contributed by atoms with van der Waals surface area (Å²) in [6.45, 7) is 2.25. The van der Waals surface area contributed by atoms with Crippen LogP contribution in [0.5, 0.6) is 0 Å². The summed E-state index contributed by atoms with van der Waals surface area (Å²) in [7, 11) is 0. The Balaban J connectivity index is 3.36. The van der Waals surface area contributed by atoms with Crippen LogP contribution in [-0.2, 0) is 9.59 Å². The number of hydrogen-bond acceptors (Lipinski definition) is 3. The van der Waals surface area contributed by atoms with Gasteiger partial charge in [0.2, 0.25) is 5.91 Å². The highest BCUT2D eigenvalue weighted by molar-refractivity contribution is 7.80. The van der Waals surface area contributed by atoms with E-state index < -0.39 is 12.0 Å². The number of carboxylic acids is 1. The fourth-order valence-corrected chi connectivity index (χ4v) is 3.06. The molecule has 2 N–H and O–H groups in total. The van der Waals surface area contributed by atoms with Crippen molar-refractivity contribution in [1.82, 2.24) is 5.32 Å². The smallest absolute Gasteiger partial charge is 0.327 e. The van der Waals surface area contributed by atoms with Gasteiger partial charge < -0.3 is 10.4 Å². The first-order valence-electron chi connectivity index (χ1n) is 10.4. The monoisotopic (exact) mass is 385 g/mol. The highest BCUT2D eigenvalue weighted by Crippen LogP contribution is 2.10. The van der Waals surface area contributed by atoms with Gasteiger partial charge in [0.15, 0.2) is 0 Å². The first kappa shape index (κ1) is 25.0. The van der Waals surface area contributed by atoms with Gasteiger partial charge >= 0.3 is 5.97 Å². The van der Waals surface area contributed by atoms with Crippen LogP contribution < -0.4 is 5.32 Å². The zero-order valence-corrected chi connectivity index (χ0v) is 17.4. The summed E-state index contributed by atoms with van der Waals surface area (Å²) in [5.74, 6) is -1.10. The third-order valence-corrected chi connectivity index (χ3v) is 4.85. The van der Waals surface area contributed by atoms with Gasteiger partial charge in [0.1, 0.15) is 6.04 Å². The molecule has 0 aliphatic heterocycles. The Kier molecular flexibility index (Phi) is 18.1. The number of allylic oxidation sites excluding steroid dienone is 2. The van der Waals surface area contributed by atoms with E-state index >= 15 is 0 Å². The van der Waals surface area contributed by atoms with Crippen LogP contribution in [0, 0.1) is 0 Å². The lowest BCUT2D eigenvalue weighted by molar-refractivity contribution is -0.141. The molecule has 0 unspecified atom stereocenters. The number of carbonyl (C=O) groups excluding carboxylic acids is 1. The number of amides is 1. The first-order chi connectivity index (χ1) is 12.6. The number of hydrogen-bond donors (Lipinski definition) is 3. The molecule has 4 nitrogen and oxygen atoms in total. The molecule has 0 aromatic carbocycles. The molecule has 0 bridgehead atoms. The maximum atomic E-state index is 11.6. The van der Waals surface area contributed by atoms with Gasteiger partial charge in [-0.25, -0.2) is 4.79 Å². The van der Waals surface area contributed by atoms with Crippen molar-refractivity contribution in [1.29, 1.82) is 0 Å². The van der Waals surface area contributed by atoms with Crippen LogP contribution in [0.3, 0.4) is 0 Å². The van der Waals surface area contributed by atoms with Gasteiger partial charge in [-0.15, -0.1) is 0 Å². The van der Waals surface area contributed by atoms with E-state index in [1.165, 1.54) is 57.8 Å². The number of carbonyl (C=O) groups is 2. The average molecular weight is 386 g/mol. The molecule has 0 saturated carbocycles. The van der Waals surface area contributed by atoms with Crippen LogP contribution in [0.25, 0.3) is 0 Å². The van der Waals surface area contributed by atoms with Gasteiger partial charge in [0.05, 0.1) is 0 Å². The molecule has 0 spiro atoms. The van der Waals surface area contributed by atoms with Crippen LogP contribution in [0.2, 0.25) is 0 Å². The van der Waals surface area contributed by atoms with E-state index in [0.717, 1.165) is 25.7 Å². The predicted octanol–water partition coefficient (Wildman–Crippen LogP) is 5.52. The molecule has 0 aromatic rings. The molecule has 0 radical (unpaired) electrons. The van der Waals surface area contributed by atoms with Crippen LogP contribution in [0.15, 0.2) is 12.2 Å². The summed E-state index contributed by atoms with van der Waals surface area (Å²) in [5.41, 5.74) is 0. The molecule has 0 aliphatic carbocycles. The molecule has 0 aromatic heterocycles. The van der Waals surface area contributed by atoms with E-state index in [1.807, 2.05) is 0 Å². The molecule has 0 saturated heterocycles. The molecule has 0 aliphatic rings. The lowest BCUT2D eigenvalue weighted by atomic mass is 10.1. The molecule has 0 fully saturated rings.